The van der Waals surface area contributed by atoms with Crippen LogP contribution in [0.3, 0.4) is 0 Å². The van der Waals surface area contributed by atoms with E-state index in [4.69, 9.17) is 12.2 Å². The molecule has 7 heteroatoms. The van der Waals surface area contributed by atoms with Crippen molar-refractivity contribution in [2.75, 3.05) is 5.32 Å². The minimum atomic E-state index is -0.453. The van der Waals surface area contributed by atoms with Gasteiger partial charge >= 0.3 is 0 Å². The Labute approximate surface area is 148 Å². The zero-order valence-electron chi connectivity index (χ0n) is 12.9. The Morgan fingerprint density at radius 3 is 2.48 bits per heavy atom. The van der Waals surface area contributed by atoms with Crippen molar-refractivity contribution in [3.8, 4) is 0 Å². The molecular formula is C18H13N3O3S. The van der Waals surface area contributed by atoms with E-state index in [0.29, 0.717) is 16.6 Å². The molecule has 0 aliphatic carbocycles. The third kappa shape index (κ3) is 3.78. The number of carbonyl (C=O) groups excluding carboxylic acids is 1. The van der Waals surface area contributed by atoms with Gasteiger partial charge in [-0.2, -0.15) is 0 Å². The smallest absolute Gasteiger partial charge is 0.270 e. The Balaban J connectivity index is 1.82. The molecule has 0 unspecified atom stereocenters. The van der Waals surface area contributed by atoms with Gasteiger partial charge in [-0.25, -0.2) is 0 Å². The molecular weight excluding hydrogens is 338 g/mol. The predicted molar refractivity (Wildman–Crippen MR) is 101 cm³/mol. The van der Waals surface area contributed by atoms with E-state index in [9.17, 15) is 14.9 Å². The number of thiocarbonyl (C=S) groups is 1. The van der Waals surface area contributed by atoms with Crippen molar-refractivity contribution < 1.29 is 9.72 Å². The van der Waals surface area contributed by atoms with E-state index in [0.717, 1.165) is 5.39 Å². The van der Waals surface area contributed by atoms with Gasteiger partial charge in [0.25, 0.3) is 11.6 Å². The lowest BCUT2D eigenvalue weighted by molar-refractivity contribution is -0.384. The molecule has 3 rings (SSSR count). The summed E-state index contributed by atoms with van der Waals surface area (Å²) in [5.74, 6) is -0.329. The minimum absolute atomic E-state index is 0.0130. The third-order valence-corrected chi connectivity index (χ3v) is 3.79. The van der Waals surface area contributed by atoms with Gasteiger partial charge in [-0.1, -0.05) is 30.3 Å². The van der Waals surface area contributed by atoms with Crippen LogP contribution < -0.4 is 10.6 Å². The number of hydrogen-bond acceptors (Lipinski definition) is 4. The van der Waals surface area contributed by atoms with Crippen LogP contribution >= 0.6 is 12.2 Å². The van der Waals surface area contributed by atoms with E-state index in [1.807, 2.05) is 12.1 Å². The second-order valence-corrected chi connectivity index (χ2v) is 5.65. The van der Waals surface area contributed by atoms with Gasteiger partial charge in [0.1, 0.15) is 0 Å². The fourth-order valence-corrected chi connectivity index (χ4v) is 2.60. The second kappa shape index (κ2) is 7.06. The normalized spacial score (nSPS) is 10.2. The van der Waals surface area contributed by atoms with Crippen LogP contribution in [0.15, 0.2) is 66.7 Å². The van der Waals surface area contributed by atoms with Gasteiger partial charge in [-0.15, -0.1) is 0 Å². The van der Waals surface area contributed by atoms with Crippen molar-refractivity contribution in [1.82, 2.24) is 5.32 Å². The van der Waals surface area contributed by atoms with Crippen molar-refractivity contribution in [2.24, 2.45) is 0 Å². The van der Waals surface area contributed by atoms with Gasteiger partial charge in [0.15, 0.2) is 5.11 Å². The molecule has 0 aromatic heterocycles. The molecule has 0 heterocycles. The quantitative estimate of drug-likeness (QED) is 0.425. The highest BCUT2D eigenvalue weighted by Crippen LogP contribution is 2.27. The summed E-state index contributed by atoms with van der Waals surface area (Å²) < 4.78 is 0. The standard InChI is InChI=1S/C18H13N3O3S/c22-17(13-5-2-1-3-6-13)20-18(25)19-16-8-4-7-12-9-10-14(21(23)24)11-15(12)16/h1-11H,(H2,19,20,22,25). The first-order valence-electron chi connectivity index (χ1n) is 7.39. The van der Waals surface area contributed by atoms with Crippen LogP contribution in [0.25, 0.3) is 10.8 Å². The van der Waals surface area contributed by atoms with Crippen molar-refractivity contribution in [2.45, 2.75) is 0 Å². The number of rotatable bonds is 3. The predicted octanol–water partition coefficient (Wildman–Crippen LogP) is 3.87. The summed E-state index contributed by atoms with van der Waals surface area (Å²) in [7, 11) is 0. The number of carbonyl (C=O) groups is 1. The molecule has 25 heavy (non-hydrogen) atoms. The molecule has 1 amide bonds. The highest BCUT2D eigenvalue weighted by molar-refractivity contribution is 7.80. The summed E-state index contributed by atoms with van der Waals surface area (Å²) in [5.41, 5.74) is 1.06. The molecule has 0 atom stereocenters. The average Bonchev–Trinajstić information content (AvgIpc) is 2.62. The van der Waals surface area contributed by atoms with Crippen LogP contribution in [-0.2, 0) is 0 Å². The zero-order chi connectivity index (χ0) is 17.8. The molecule has 0 saturated carbocycles. The van der Waals surface area contributed by atoms with E-state index < -0.39 is 4.92 Å². The minimum Gasteiger partial charge on any atom is -0.332 e. The van der Waals surface area contributed by atoms with Crippen LogP contribution in [0.4, 0.5) is 11.4 Å². The van der Waals surface area contributed by atoms with E-state index in [-0.39, 0.29) is 16.7 Å². The number of hydrogen-bond donors (Lipinski definition) is 2. The number of nitrogens with one attached hydrogen (secondary N) is 2. The van der Waals surface area contributed by atoms with Gasteiger partial charge in [0.05, 0.1) is 4.92 Å². The number of anilines is 1. The third-order valence-electron chi connectivity index (χ3n) is 3.59. The highest BCUT2D eigenvalue weighted by atomic mass is 32.1. The molecule has 0 radical (unpaired) electrons. The first kappa shape index (κ1) is 16.5. The molecule has 0 fully saturated rings. The first-order valence-corrected chi connectivity index (χ1v) is 7.80. The molecule has 3 aromatic rings. The number of fused-ring (bicyclic) bond motifs is 1. The molecule has 2 N–H and O–H groups in total. The van der Waals surface area contributed by atoms with E-state index in [2.05, 4.69) is 10.6 Å². The van der Waals surface area contributed by atoms with Gasteiger partial charge in [0, 0.05) is 28.8 Å². The SMILES string of the molecule is O=C(NC(=S)Nc1cccc2ccc([N+](=O)[O-])cc12)c1ccccc1. The number of non-ortho nitro benzene ring substituents is 1. The van der Waals surface area contributed by atoms with Crippen molar-refractivity contribution in [3.63, 3.8) is 0 Å². The fourth-order valence-electron chi connectivity index (χ4n) is 2.40. The largest absolute Gasteiger partial charge is 0.332 e. The number of nitrogens with zero attached hydrogens (tertiary/aromatic N) is 1. The van der Waals surface area contributed by atoms with Crippen LogP contribution in [-0.4, -0.2) is 15.9 Å². The summed E-state index contributed by atoms with van der Waals surface area (Å²) in [6.07, 6.45) is 0. The molecule has 124 valence electrons. The number of nitro benzene ring substituents is 1. The number of amides is 1. The summed E-state index contributed by atoms with van der Waals surface area (Å²) in [4.78, 5) is 22.7. The van der Waals surface area contributed by atoms with Gasteiger partial charge < -0.3 is 5.32 Å². The monoisotopic (exact) mass is 351 g/mol. The lowest BCUT2D eigenvalue weighted by atomic mass is 10.1. The summed E-state index contributed by atoms with van der Waals surface area (Å²) in [6.45, 7) is 0. The Morgan fingerprint density at radius 2 is 1.76 bits per heavy atom. The first-order chi connectivity index (χ1) is 12.0. The Bertz CT molecular complexity index is 974. The second-order valence-electron chi connectivity index (χ2n) is 5.24. The van der Waals surface area contributed by atoms with Crippen LogP contribution in [0.2, 0.25) is 0 Å². The molecule has 3 aromatic carbocycles. The Morgan fingerprint density at radius 1 is 1.00 bits per heavy atom. The lowest BCUT2D eigenvalue weighted by Crippen LogP contribution is -2.34. The van der Waals surface area contributed by atoms with Crippen molar-refractivity contribution in [3.05, 3.63) is 82.4 Å². The molecule has 0 aliphatic rings. The van der Waals surface area contributed by atoms with Gasteiger partial charge in [0.2, 0.25) is 0 Å². The van der Waals surface area contributed by atoms with E-state index in [1.54, 1.807) is 42.5 Å². The molecule has 0 spiro atoms. The number of nitro groups is 1. The van der Waals surface area contributed by atoms with Gasteiger partial charge in [-0.3, -0.25) is 20.2 Å². The molecule has 0 aliphatic heterocycles. The lowest BCUT2D eigenvalue weighted by Gasteiger charge is -2.12. The molecule has 0 saturated heterocycles. The van der Waals surface area contributed by atoms with Crippen LogP contribution in [0, 0.1) is 10.1 Å². The van der Waals surface area contributed by atoms with Crippen LogP contribution in [0.1, 0.15) is 10.4 Å². The number of benzene rings is 3. The van der Waals surface area contributed by atoms with Crippen LogP contribution in [0.5, 0.6) is 0 Å². The average molecular weight is 351 g/mol. The molecule has 6 nitrogen and oxygen atoms in total. The van der Waals surface area contributed by atoms with Crippen molar-refractivity contribution in [1.29, 1.82) is 0 Å². The maximum absolute atomic E-state index is 12.1. The molecule has 0 bridgehead atoms. The maximum Gasteiger partial charge on any atom is 0.270 e. The summed E-state index contributed by atoms with van der Waals surface area (Å²) in [5, 5.41) is 18.1. The summed E-state index contributed by atoms with van der Waals surface area (Å²) in [6, 6.07) is 18.7. The van der Waals surface area contributed by atoms with Crippen molar-refractivity contribution >= 4 is 45.4 Å². The highest BCUT2D eigenvalue weighted by Gasteiger charge is 2.11. The Hall–Kier alpha value is -3.32. The zero-order valence-corrected chi connectivity index (χ0v) is 13.7. The fraction of sp³-hybridized carbons (Fsp3) is 0. The summed E-state index contributed by atoms with van der Waals surface area (Å²) >= 11 is 5.18. The van der Waals surface area contributed by atoms with E-state index >= 15 is 0 Å². The Kier molecular flexibility index (Phi) is 4.67. The topological polar surface area (TPSA) is 84.3 Å². The van der Waals surface area contributed by atoms with E-state index in [1.165, 1.54) is 12.1 Å². The van der Waals surface area contributed by atoms with Gasteiger partial charge in [-0.05, 0) is 41.9 Å². The maximum atomic E-state index is 12.1.